The third-order valence-corrected chi connectivity index (χ3v) is 5.84. The molecule has 1 aromatic carbocycles. The largest absolute Gasteiger partial charge is 0.355 e. The van der Waals surface area contributed by atoms with E-state index in [4.69, 9.17) is 23.2 Å². The highest BCUT2D eigenvalue weighted by atomic mass is 35.5. The molecule has 4 nitrogen and oxygen atoms in total. The van der Waals surface area contributed by atoms with Crippen LogP contribution in [-0.4, -0.2) is 35.8 Å². The maximum Gasteiger partial charge on any atom is 0.225 e. The SMILES string of the molecule is O=C(NCCc1ccc(Cl)cc1Cl)C1CC(=O)N(C2CCCCC2)C1. The van der Waals surface area contributed by atoms with Crippen LogP contribution >= 0.6 is 23.2 Å². The van der Waals surface area contributed by atoms with Crippen molar-refractivity contribution in [2.45, 2.75) is 51.0 Å². The zero-order valence-electron chi connectivity index (χ0n) is 14.3. The molecule has 1 aliphatic carbocycles. The van der Waals surface area contributed by atoms with Gasteiger partial charge in [-0.2, -0.15) is 0 Å². The van der Waals surface area contributed by atoms with Crippen LogP contribution in [0.4, 0.5) is 0 Å². The zero-order chi connectivity index (χ0) is 17.8. The molecule has 1 heterocycles. The molecule has 25 heavy (non-hydrogen) atoms. The van der Waals surface area contributed by atoms with Crippen LogP contribution in [0.2, 0.25) is 10.0 Å². The van der Waals surface area contributed by atoms with Gasteiger partial charge in [-0.15, -0.1) is 0 Å². The van der Waals surface area contributed by atoms with Gasteiger partial charge in [0.25, 0.3) is 0 Å². The van der Waals surface area contributed by atoms with E-state index in [1.54, 1.807) is 12.1 Å². The first kappa shape index (κ1) is 18.5. The standard InChI is InChI=1S/C19H24Cl2N2O2/c20-15-7-6-13(17(21)11-15)8-9-22-19(25)14-10-18(24)23(12-14)16-4-2-1-3-5-16/h6-7,11,14,16H,1-5,8-10,12H2,(H,22,25). The molecule has 0 bridgehead atoms. The van der Waals surface area contributed by atoms with Gasteiger partial charge in [0, 0.05) is 35.6 Å². The number of rotatable bonds is 5. The number of carbonyl (C=O) groups excluding carboxylic acids is 2. The highest BCUT2D eigenvalue weighted by molar-refractivity contribution is 6.35. The number of halogens is 2. The first-order chi connectivity index (χ1) is 12.0. The molecule has 1 aliphatic heterocycles. The number of nitrogens with one attached hydrogen (secondary N) is 1. The predicted octanol–water partition coefficient (Wildman–Crippen LogP) is 3.83. The van der Waals surface area contributed by atoms with Crippen molar-refractivity contribution in [1.29, 1.82) is 0 Å². The minimum Gasteiger partial charge on any atom is -0.355 e. The lowest BCUT2D eigenvalue weighted by molar-refractivity contribution is -0.130. The number of benzene rings is 1. The summed E-state index contributed by atoms with van der Waals surface area (Å²) in [5, 5.41) is 4.16. The Hall–Kier alpha value is -1.26. The molecule has 2 fully saturated rings. The van der Waals surface area contributed by atoms with Gasteiger partial charge in [-0.05, 0) is 37.0 Å². The second-order valence-corrected chi connectivity index (χ2v) is 7.86. The lowest BCUT2D eigenvalue weighted by atomic mass is 9.94. The quantitative estimate of drug-likeness (QED) is 0.840. The average Bonchev–Trinajstić information content (AvgIpc) is 2.99. The Morgan fingerprint density at radius 2 is 1.96 bits per heavy atom. The first-order valence-electron chi connectivity index (χ1n) is 9.05. The topological polar surface area (TPSA) is 49.4 Å². The molecule has 2 amide bonds. The number of amides is 2. The summed E-state index contributed by atoms with van der Waals surface area (Å²) in [7, 11) is 0. The van der Waals surface area contributed by atoms with Crippen molar-refractivity contribution in [3.05, 3.63) is 33.8 Å². The molecule has 0 radical (unpaired) electrons. The summed E-state index contributed by atoms with van der Waals surface area (Å²) < 4.78 is 0. The molecule has 136 valence electrons. The fourth-order valence-electron chi connectivity index (χ4n) is 3.84. The van der Waals surface area contributed by atoms with Crippen LogP contribution in [0, 0.1) is 5.92 Å². The van der Waals surface area contributed by atoms with Gasteiger partial charge in [-0.1, -0.05) is 48.5 Å². The van der Waals surface area contributed by atoms with Crippen molar-refractivity contribution in [2.24, 2.45) is 5.92 Å². The van der Waals surface area contributed by atoms with Gasteiger partial charge < -0.3 is 10.2 Å². The summed E-state index contributed by atoms with van der Waals surface area (Å²) in [5.74, 6) is -0.125. The van der Waals surface area contributed by atoms with Gasteiger partial charge in [0.15, 0.2) is 0 Å². The number of hydrogen-bond donors (Lipinski definition) is 1. The van der Waals surface area contributed by atoms with Gasteiger partial charge >= 0.3 is 0 Å². The van der Waals surface area contributed by atoms with Crippen molar-refractivity contribution < 1.29 is 9.59 Å². The van der Waals surface area contributed by atoms with E-state index in [1.165, 1.54) is 19.3 Å². The molecule has 1 aromatic rings. The van der Waals surface area contributed by atoms with E-state index in [0.717, 1.165) is 18.4 Å². The molecule has 1 saturated heterocycles. The summed E-state index contributed by atoms with van der Waals surface area (Å²) >= 11 is 12.0. The Morgan fingerprint density at radius 1 is 1.20 bits per heavy atom. The molecular weight excluding hydrogens is 359 g/mol. The summed E-state index contributed by atoms with van der Waals surface area (Å²) in [4.78, 5) is 26.6. The van der Waals surface area contributed by atoms with Crippen LogP contribution < -0.4 is 5.32 Å². The van der Waals surface area contributed by atoms with Crippen molar-refractivity contribution in [1.82, 2.24) is 10.2 Å². The molecule has 0 spiro atoms. The molecular formula is C19H24Cl2N2O2. The number of nitrogens with zero attached hydrogens (tertiary/aromatic N) is 1. The predicted molar refractivity (Wildman–Crippen MR) is 99.9 cm³/mol. The Labute approximate surface area is 158 Å². The molecule has 1 unspecified atom stereocenters. The van der Waals surface area contributed by atoms with Crippen LogP contribution in [0.15, 0.2) is 18.2 Å². The molecule has 1 atom stereocenters. The lowest BCUT2D eigenvalue weighted by Crippen LogP contribution is -2.39. The van der Waals surface area contributed by atoms with E-state index in [9.17, 15) is 9.59 Å². The molecule has 2 aliphatic rings. The van der Waals surface area contributed by atoms with Crippen molar-refractivity contribution in [2.75, 3.05) is 13.1 Å². The third-order valence-electron chi connectivity index (χ3n) is 5.25. The van der Waals surface area contributed by atoms with E-state index in [-0.39, 0.29) is 17.7 Å². The van der Waals surface area contributed by atoms with E-state index in [2.05, 4.69) is 5.32 Å². The maximum atomic E-state index is 12.4. The van der Waals surface area contributed by atoms with E-state index in [0.29, 0.717) is 42.0 Å². The van der Waals surface area contributed by atoms with Crippen LogP contribution in [-0.2, 0) is 16.0 Å². The molecule has 0 aromatic heterocycles. The van der Waals surface area contributed by atoms with Gasteiger partial charge in [-0.25, -0.2) is 0 Å². The minimum absolute atomic E-state index is 0.0308. The zero-order valence-corrected chi connectivity index (χ0v) is 15.8. The highest BCUT2D eigenvalue weighted by Gasteiger charge is 2.37. The van der Waals surface area contributed by atoms with E-state index >= 15 is 0 Å². The minimum atomic E-state index is -0.227. The van der Waals surface area contributed by atoms with E-state index in [1.807, 2.05) is 11.0 Å². The first-order valence-corrected chi connectivity index (χ1v) is 9.81. The van der Waals surface area contributed by atoms with E-state index < -0.39 is 0 Å². The van der Waals surface area contributed by atoms with Gasteiger partial charge in [0.1, 0.15) is 0 Å². The summed E-state index contributed by atoms with van der Waals surface area (Å²) in [6.45, 7) is 1.07. The second-order valence-electron chi connectivity index (χ2n) is 7.02. The summed E-state index contributed by atoms with van der Waals surface area (Å²) in [6, 6.07) is 5.72. The van der Waals surface area contributed by atoms with Crippen LogP contribution in [0.3, 0.4) is 0 Å². The van der Waals surface area contributed by atoms with Crippen molar-refractivity contribution >= 4 is 35.0 Å². The third kappa shape index (κ3) is 4.68. The van der Waals surface area contributed by atoms with Crippen LogP contribution in [0.1, 0.15) is 44.1 Å². The number of hydrogen-bond acceptors (Lipinski definition) is 2. The Bertz CT molecular complexity index is 644. The fourth-order valence-corrected chi connectivity index (χ4v) is 4.34. The van der Waals surface area contributed by atoms with Gasteiger partial charge in [0.2, 0.25) is 11.8 Å². The summed E-state index contributed by atoms with van der Waals surface area (Å²) in [5.41, 5.74) is 0.956. The Morgan fingerprint density at radius 3 is 2.68 bits per heavy atom. The maximum absolute atomic E-state index is 12.4. The fraction of sp³-hybridized carbons (Fsp3) is 0.579. The molecule has 1 saturated carbocycles. The summed E-state index contributed by atoms with van der Waals surface area (Å²) in [6.07, 6.45) is 6.78. The van der Waals surface area contributed by atoms with Gasteiger partial charge in [0.05, 0.1) is 5.92 Å². The Balaban J connectivity index is 1.47. The number of likely N-dealkylation sites (tertiary alicyclic amines) is 1. The van der Waals surface area contributed by atoms with Crippen molar-refractivity contribution in [3.8, 4) is 0 Å². The smallest absolute Gasteiger partial charge is 0.225 e. The monoisotopic (exact) mass is 382 g/mol. The normalized spacial score (nSPS) is 21.6. The molecule has 3 rings (SSSR count). The lowest BCUT2D eigenvalue weighted by Gasteiger charge is -2.31. The number of carbonyl (C=O) groups is 2. The van der Waals surface area contributed by atoms with Crippen LogP contribution in [0.5, 0.6) is 0 Å². The second kappa shape index (κ2) is 8.41. The van der Waals surface area contributed by atoms with Crippen molar-refractivity contribution in [3.63, 3.8) is 0 Å². The van der Waals surface area contributed by atoms with Gasteiger partial charge in [-0.3, -0.25) is 9.59 Å². The molecule has 1 N–H and O–H groups in total. The average molecular weight is 383 g/mol. The molecule has 6 heteroatoms. The van der Waals surface area contributed by atoms with Crippen LogP contribution in [0.25, 0.3) is 0 Å². The highest BCUT2D eigenvalue weighted by Crippen LogP contribution is 2.28. The Kier molecular flexibility index (Phi) is 6.24.